The highest BCUT2D eigenvalue weighted by Crippen LogP contribution is 2.48. The predicted octanol–water partition coefficient (Wildman–Crippen LogP) is 4.28. The fourth-order valence-electron chi connectivity index (χ4n) is 4.82. The van der Waals surface area contributed by atoms with E-state index in [9.17, 15) is 24.0 Å². The number of benzene rings is 3. The third kappa shape index (κ3) is 2.59. The summed E-state index contributed by atoms with van der Waals surface area (Å²) in [5, 5.41) is 0. The van der Waals surface area contributed by atoms with Crippen molar-refractivity contribution < 1.29 is 28.7 Å². The maximum atomic E-state index is 13.6. The lowest BCUT2D eigenvalue weighted by atomic mass is 9.70. The van der Waals surface area contributed by atoms with Crippen molar-refractivity contribution in [1.29, 1.82) is 0 Å². The Labute approximate surface area is 193 Å². The van der Waals surface area contributed by atoms with Crippen molar-refractivity contribution in [3.05, 3.63) is 129 Å². The molecule has 6 nitrogen and oxygen atoms in total. The molecule has 0 N–H and O–H groups in total. The van der Waals surface area contributed by atoms with Crippen LogP contribution in [0.15, 0.2) is 95.5 Å². The molecule has 3 aromatic carbocycles. The second kappa shape index (κ2) is 7.15. The summed E-state index contributed by atoms with van der Waals surface area (Å²) in [5.74, 6) is -3.43. The van der Waals surface area contributed by atoms with Gasteiger partial charge in [0.1, 0.15) is 6.29 Å². The number of rotatable bonds is 2. The van der Waals surface area contributed by atoms with Crippen molar-refractivity contribution in [1.82, 2.24) is 0 Å². The number of Topliss-reactive ketones (excluding diaryl/α,β-unsaturated/α-hetero) is 4. The third-order valence-corrected chi connectivity index (χ3v) is 6.41. The highest BCUT2D eigenvalue weighted by Gasteiger charge is 2.49. The highest BCUT2D eigenvalue weighted by atomic mass is 16.5. The topological polar surface area (TPSA) is 94.6 Å². The lowest BCUT2D eigenvalue weighted by Gasteiger charge is -2.35. The molecule has 0 saturated heterocycles. The molecule has 6 rings (SSSR count). The quantitative estimate of drug-likeness (QED) is 0.546. The number of fused-ring (bicyclic) bond motifs is 2. The molecule has 0 unspecified atom stereocenters. The van der Waals surface area contributed by atoms with Gasteiger partial charge in [-0.1, -0.05) is 72.8 Å². The summed E-state index contributed by atoms with van der Waals surface area (Å²) in [4.78, 5) is 65.2. The van der Waals surface area contributed by atoms with E-state index in [1.807, 2.05) is 0 Å². The van der Waals surface area contributed by atoms with Gasteiger partial charge in [-0.05, 0) is 5.56 Å². The van der Waals surface area contributed by atoms with Crippen LogP contribution in [0.5, 0.6) is 0 Å². The summed E-state index contributed by atoms with van der Waals surface area (Å²) < 4.78 is 5.83. The lowest BCUT2D eigenvalue weighted by Crippen LogP contribution is -2.36. The molecule has 0 atom stereocenters. The summed E-state index contributed by atoms with van der Waals surface area (Å²) in [6, 6.07) is 19.1. The molecule has 0 amide bonds. The van der Waals surface area contributed by atoms with Crippen LogP contribution in [0.25, 0.3) is 0 Å². The summed E-state index contributed by atoms with van der Waals surface area (Å²) in [5.41, 5.74) is 1.72. The molecule has 162 valence electrons. The summed E-state index contributed by atoms with van der Waals surface area (Å²) >= 11 is 0. The van der Waals surface area contributed by atoms with Gasteiger partial charge in [0.25, 0.3) is 0 Å². The van der Waals surface area contributed by atoms with E-state index in [0.29, 0.717) is 17.4 Å². The number of carbonyl (C=O) groups is 5. The second-order valence-corrected chi connectivity index (χ2v) is 8.21. The number of hydrogen-bond acceptors (Lipinski definition) is 6. The number of allylic oxidation sites excluding steroid dienone is 4. The first-order valence-corrected chi connectivity index (χ1v) is 10.6. The molecule has 0 aromatic heterocycles. The van der Waals surface area contributed by atoms with Crippen molar-refractivity contribution in [3.63, 3.8) is 0 Å². The fourth-order valence-corrected chi connectivity index (χ4v) is 4.82. The zero-order chi connectivity index (χ0) is 23.6. The maximum absolute atomic E-state index is 13.6. The summed E-state index contributed by atoms with van der Waals surface area (Å²) in [7, 11) is 0. The molecule has 34 heavy (non-hydrogen) atoms. The first-order valence-electron chi connectivity index (χ1n) is 10.6. The van der Waals surface area contributed by atoms with Crippen LogP contribution in [0.1, 0.15) is 63.3 Å². The van der Waals surface area contributed by atoms with Crippen molar-refractivity contribution in [2.24, 2.45) is 0 Å². The zero-order valence-electron chi connectivity index (χ0n) is 17.5. The van der Waals surface area contributed by atoms with E-state index in [4.69, 9.17) is 4.74 Å². The van der Waals surface area contributed by atoms with Crippen molar-refractivity contribution >= 4 is 29.4 Å². The van der Waals surface area contributed by atoms with E-state index >= 15 is 0 Å². The Morgan fingerprint density at radius 2 is 0.971 bits per heavy atom. The third-order valence-electron chi connectivity index (χ3n) is 6.41. The summed E-state index contributed by atoms with van der Waals surface area (Å²) in [6.45, 7) is 0. The Kier molecular flexibility index (Phi) is 4.19. The Balaban J connectivity index is 1.63. The minimum Gasteiger partial charge on any atom is -0.448 e. The largest absolute Gasteiger partial charge is 0.448 e. The maximum Gasteiger partial charge on any atom is 0.229 e. The molecule has 0 saturated carbocycles. The van der Waals surface area contributed by atoms with Gasteiger partial charge < -0.3 is 4.74 Å². The Hall–Kier alpha value is -4.71. The number of aldehydes is 1. The van der Waals surface area contributed by atoms with Crippen molar-refractivity contribution in [3.8, 4) is 0 Å². The van der Waals surface area contributed by atoms with E-state index in [1.54, 1.807) is 60.7 Å². The molecule has 1 aliphatic heterocycles. The number of carbonyl (C=O) groups excluding carboxylic acids is 5. The van der Waals surface area contributed by atoms with E-state index in [2.05, 4.69) is 0 Å². The Morgan fingerprint density at radius 3 is 1.38 bits per heavy atom. The van der Waals surface area contributed by atoms with Crippen molar-refractivity contribution in [2.45, 2.75) is 5.92 Å². The molecule has 2 aliphatic carbocycles. The number of hydrogen-bond donors (Lipinski definition) is 0. The van der Waals surface area contributed by atoms with Crippen LogP contribution >= 0.6 is 0 Å². The highest BCUT2D eigenvalue weighted by molar-refractivity contribution is 6.32. The van der Waals surface area contributed by atoms with Crippen LogP contribution < -0.4 is 0 Å². The van der Waals surface area contributed by atoms with E-state index in [1.165, 1.54) is 12.1 Å². The molecule has 0 radical (unpaired) electrons. The van der Waals surface area contributed by atoms with E-state index in [-0.39, 0.29) is 44.9 Å². The van der Waals surface area contributed by atoms with Crippen LogP contribution in [0, 0.1) is 0 Å². The zero-order valence-corrected chi connectivity index (χ0v) is 17.5. The minimum atomic E-state index is -1.01. The van der Waals surface area contributed by atoms with Gasteiger partial charge in [0.15, 0.2) is 23.1 Å². The fraction of sp³-hybridized carbons (Fsp3) is 0.0357. The smallest absolute Gasteiger partial charge is 0.229 e. The molecule has 0 bridgehead atoms. The molecule has 0 fully saturated rings. The second-order valence-electron chi connectivity index (χ2n) is 8.21. The number of ketones is 4. The average Bonchev–Trinajstić information content (AvgIpc) is 2.89. The van der Waals surface area contributed by atoms with Gasteiger partial charge in [-0.15, -0.1) is 0 Å². The molecular weight excluding hydrogens is 432 g/mol. The van der Waals surface area contributed by atoms with Gasteiger partial charge in [-0.2, -0.15) is 0 Å². The van der Waals surface area contributed by atoms with Crippen LogP contribution in [-0.2, 0) is 4.74 Å². The van der Waals surface area contributed by atoms with Gasteiger partial charge in [-0.3, -0.25) is 24.0 Å². The predicted molar refractivity (Wildman–Crippen MR) is 120 cm³/mol. The summed E-state index contributed by atoms with van der Waals surface area (Å²) in [6.07, 6.45) is 0.681. The van der Waals surface area contributed by atoms with Crippen LogP contribution in [-0.4, -0.2) is 29.4 Å². The molecule has 0 spiro atoms. The molecule has 1 heterocycles. The first kappa shape index (κ1) is 19.9. The number of ether oxygens (including phenoxy) is 1. The average molecular weight is 446 g/mol. The normalized spacial score (nSPS) is 17.1. The van der Waals surface area contributed by atoms with Gasteiger partial charge in [0, 0.05) is 33.7 Å². The van der Waals surface area contributed by atoms with E-state index in [0.717, 1.165) is 0 Å². The molecule has 6 heteroatoms. The first-order chi connectivity index (χ1) is 16.5. The molecular formula is C28H14O6. The van der Waals surface area contributed by atoms with E-state index < -0.39 is 29.1 Å². The van der Waals surface area contributed by atoms with Crippen LogP contribution in [0.3, 0.4) is 0 Å². The van der Waals surface area contributed by atoms with Crippen molar-refractivity contribution in [2.75, 3.05) is 0 Å². The standard InChI is InChI=1S/C28H14O6/c29-13-14-9-11-15(12-10-14)20-21-23(30)16-5-1-3-7-18(16)25(32)27(21)34-28-22(20)24(31)17-6-2-4-8-19(17)26(28)33/h1-13,20H. The van der Waals surface area contributed by atoms with Gasteiger partial charge in [0.2, 0.25) is 11.6 Å². The van der Waals surface area contributed by atoms with Gasteiger partial charge >= 0.3 is 0 Å². The lowest BCUT2D eigenvalue weighted by molar-refractivity contribution is 0.0822. The molecule has 3 aromatic rings. The Morgan fingerprint density at radius 1 is 0.559 bits per heavy atom. The van der Waals surface area contributed by atoms with Crippen LogP contribution in [0.2, 0.25) is 0 Å². The van der Waals surface area contributed by atoms with Gasteiger partial charge in [-0.25, -0.2) is 0 Å². The minimum absolute atomic E-state index is 0.0156. The SMILES string of the molecule is O=Cc1ccc(C2C3=C(OC4=C2C(=O)c2ccccc2C4=O)C(=O)c2ccccc2C3=O)cc1. The Bertz CT molecular complexity index is 1460. The monoisotopic (exact) mass is 446 g/mol. The molecule has 3 aliphatic rings. The van der Waals surface area contributed by atoms with Gasteiger partial charge in [0.05, 0.1) is 11.1 Å². The van der Waals surface area contributed by atoms with Crippen LogP contribution in [0.4, 0.5) is 0 Å².